The maximum absolute atomic E-state index is 6.05. The van der Waals surface area contributed by atoms with Gasteiger partial charge in [0.2, 0.25) is 0 Å². The molecule has 0 amide bonds. The third-order valence-electron chi connectivity index (χ3n) is 3.79. The average molecular weight is 273 g/mol. The van der Waals surface area contributed by atoms with Crippen molar-refractivity contribution in [3.63, 3.8) is 0 Å². The Labute approximate surface area is 118 Å². The highest BCUT2D eigenvalue weighted by Crippen LogP contribution is 2.26. The number of nitrogens with one attached hydrogen (secondary N) is 1. The van der Waals surface area contributed by atoms with E-state index in [-0.39, 0.29) is 0 Å². The summed E-state index contributed by atoms with van der Waals surface area (Å²) < 4.78 is 0. The van der Waals surface area contributed by atoms with Crippen molar-refractivity contribution < 1.29 is 0 Å². The zero-order chi connectivity index (χ0) is 13.2. The Morgan fingerprint density at radius 2 is 1.89 bits per heavy atom. The molecule has 2 aromatic rings. The van der Waals surface area contributed by atoms with Crippen LogP contribution < -0.4 is 5.32 Å². The summed E-state index contributed by atoms with van der Waals surface area (Å²) in [6, 6.07) is 11.2. The third-order valence-corrected chi connectivity index (χ3v) is 4.03. The van der Waals surface area contributed by atoms with Gasteiger partial charge in [0.25, 0.3) is 0 Å². The summed E-state index contributed by atoms with van der Waals surface area (Å²) in [5.74, 6) is 0. The Hall–Kier alpha value is -1.38. The average Bonchev–Trinajstić information content (AvgIpc) is 2.81. The molecule has 0 aliphatic heterocycles. The summed E-state index contributed by atoms with van der Waals surface area (Å²) in [5.41, 5.74) is 4.08. The van der Waals surface area contributed by atoms with Crippen molar-refractivity contribution in [2.75, 3.05) is 0 Å². The van der Waals surface area contributed by atoms with E-state index in [9.17, 15) is 0 Å². The minimum absolute atomic E-state index is 0.345. The molecule has 1 aliphatic rings. The van der Waals surface area contributed by atoms with Crippen molar-refractivity contribution in [1.82, 2.24) is 10.3 Å². The van der Waals surface area contributed by atoms with Crippen LogP contribution in [0.5, 0.6) is 0 Å². The van der Waals surface area contributed by atoms with Crippen molar-refractivity contribution in [2.45, 2.75) is 31.8 Å². The molecule has 1 aromatic heterocycles. The molecule has 1 heterocycles. The van der Waals surface area contributed by atoms with Crippen LogP contribution in [0.15, 0.2) is 42.7 Å². The predicted octanol–water partition coefficient (Wildman–Crippen LogP) is 3.55. The van der Waals surface area contributed by atoms with E-state index in [4.69, 9.17) is 11.6 Å². The number of halogens is 1. The lowest BCUT2D eigenvalue weighted by Crippen LogP contribution is -2.32. The van der Waals surface area contributed by atoms with Gasteiger partial charge in [-0.15, -0.1) is 0 Å². The summed E-state index contributed by atoms with van der Waals surface area (Å²) in [6.07, 6.45) is 5.83. The monoisotopic (exact) mass is 272 g/mol. The minimum atomic E-state index is 0.345. The normalized spacial score (nSPS) is 19.2. The molecule has 3 heteroatoms. The fourth-order valence-corrected chi connectivity index (χ4v) is 3.00. The smallest absolute Gasteiger partial charge is 0.0408 e. The van der Waals surface area contributed by atoms with Crippen molar-refractivity contribution >= 4 is 11.6 Å². The molecule has 19 heavy (non-hydrogen) atoms. The van der Waals surface area contributed by atoms with Crippen LogP contribution in [0.4, 0.5) is 0 Å². The lowest BCUT2D eigenvalue weighted by Gasteiger charge is -2.19. The summed E-state index contributed by atoms with van der Waals surface area (Å²) in [4.78, 5) is 4.06. The number of rotatable bonds is 3. The fourth-order valence-electron chi connectivity index (χ4n) is 2.81. The molecular formula is C16H17ClN2. The lowest BCUT2D eigenvalue weighted by atomic mass is 10.1. The van der Waals surface area contributed by atoms with Gasteiger partial charge in [-0.05, 0) is 60.7 Å². The molecule has 1 aliphatic carbocycles. The van der Waals surface area contributed by atoms with Crippen LogP contribution in [-0.4, -0.2) is 11.0 Å². The molecule has 2 nitrogen and oxygen atoms in total. The predicted molar refractivity (Wildman–Crippen MR) is 78.4 cm³/mol. The van der Waals surface area contributed by atoms with Crippen molar-refractivity contribution in [3.8, 4) is 0 Å². The first-order valence-corrected chi connectivity index (χ1v) is 7.03. The molecule has 0 radical (unpaired) electrons. The standard InChI is InChI=1S/C16H17ClN2/c1-11(12-4-6-18-7-5-12)19-16-9-13-2-3-15(17)8-14(13)10-16/h2-8,11,16,19H,9-10H2,1H3/t11-,16?/m0/s1. The van der Waals surface area contributed by atoms with Gasteiger partial charge in [-0.25, -0.2) is 0 Å². The topological polar surface area (TPSA) is 24.9 Å². The molecular weight excluding hydrogens is 256 g/mol. The second-order valence-electron chi connectivity index (χ2n) is 5.19. The van der Waals surface area contributed by atoms with Crippen molar-refractivity contribution in [1.29, 1.82) is 0 Å². The summed E-state index contributed by atoms with van der Waals surface area (Å²) in [7, 11) is 0. The molecule has 0 spiro atoms. The number of nitrogens with zero attached hydrogens (tertiary/aromatic N) is 1. The highest BCUT2D eigenvalue weighted by molar-refractivity contribution is 6.30. The van der Waals surface area contributed by atoms with Gasteiger partial charge in [0.1, 0.15) is 0 Å². The molecule has 98 valence electrons. The minimum Gasteiger partial charge on any atom is -0.307 e. The number of aromatic nitrogens is 1. The molecule has 1 N–H and O–H groups in total. The molecule has 0 bridgehead atoms. The maximum atomic E-state index is 6.05. The first-order chi connectivity index (χ1) is 9.22. The number of pyridine rings is 1. The van der Waals surface area contributed by atoms with E-state index in [1.54, 1.807) is 0 Å². The molecule has 1 aromatic carbocycles. The Balaban J connectivity index is 1.67. The molecule has 3 rings (SSSR count). The first-order valence-electron chi connectivity index (χ1n) is 6.65. The second kappa shape index (κ2) is 5.32. The van der Waals surface area contributed by atoms with Gasteiger partial charge in [-0.2, -0.15) is 0 Å². The van der Waals surface area contributed by atoms with Gasteiger partial charge >= 0.3 is 0 Å². The van der Waals surface area contributed by atoms with Gasteiger partial charge in [0.15, 0.2) is 0 Å². The number of hydrogen-bond donors (Lipinski definition) is 1. The van der Waals surface area contributed by atoms with Crippen molar-refractivity contribution in [3.05, 3.63) is 64.4 Å². The van der Waals surface area contributed by atoms with Crippen LogP contribution in [0.2, 0.25) is 5.02 Å². The third kappa shape index (κ3) is 2.80. The van der Waals surface area contributed by atoms with Gasteiger partial charge in [-0.1, -0.05) is 17.7 Å². The van der Waals surface area contributed by atoms with E-state index >= 15 is 0 Å². The maximum Gasteiger partial charge on any atom is 0.0408 e. The Bertz CT molecular complexity index is 568. The molecule has 0 fully saturated rings. The summed E-state index contributed by atoms with van der Waals surface area (Å²) in [6.45, 7) is 2.20. The van der Waals surface area contributed by atoms with Gasteiger partial charge in [0, 0.05) is 29.5 Å². The van der Waals surface area contributed by atoms with Crippen LogP contribution in [0, 0.1) is 0 Å². The fraction of sp³-hybridized carbons (Fsp3) is 0.312. The highest BCUT2D eigenvalue weighted by Gasteiger charge is 2.22. The molecule has 0 saturated carbocycles. The van der Waals surface area contributed by atoms with E-state index in [0.717, 1.165) is 17.9 Å². The quantitative estimate of drug-likeness (QED) is 0.924. The highest BCUT2D eigenvalue weighted by atomic mass is 35.5. The zero-order valence-corrected chi connectivity index (χ0v) is 11.7. The van der Waals surface area contributed by atoms with E-state index in [0.29, 0.717) is 12.1 Å². The van der Waals surface area contributed by atoms with E-state index in [1.165, 1.54) is 16.7 Å². The van der Waals surface area contributed by atoms with E-state index in [1.807, 2.05) is 18.5 Å². The number of hydrogen-bond acceptors (Lipinski definition) is 2. The van der Waals surface area contributed by atoms with Gasteiger partial charge < -0.3 is 5.32 Å². The lowest BCUT2D eigenvalue weighted by molar-refractivity contribution is 0.467. The molecule has 1 unspecified atom stereocenters. The largest absolute Gasteiger partial charge is 0.307 e. The van der Waals surface area contributed by atoms with Crippen LogP contribution in [0.3, 0.4) is 0 Å². The van der Waals surface area contributed by atoms with E-state index < -0.39 is 0 Å². The van der Waals surface area contributed by atoms with Gasteiger partial charge in [0.05, 0.1) is 0 Å². The molecule has 0 saturated heterocycles. The Kier molecular flexibility index (Phi) is 3.54. The van der Waals surface area contributed by atoms with Crippen LogP contribution in [0.25, 0.3) is 0 Å². The van der Waals surface area contributed by atoms with Crippen molar-refractivity contribution in [2.24, 2.45) is 0 Å². The SMILES string of the molecule is C[C@H](NC1Cc2ccc(Cl)cc2C1)c1ccncc1. The van der Waals surface area contributed by atoms with Crippen LogP contribution in [-0.2, 0) is 12.8 Å². The number of fused-ring (bicyclic) bond motifs is 1. The summed E-state index contributed by atoms with van der Waals surface area (Å²) >= 11 is 6.05. The van der Waals surface area contributed by atoms with Crippen LogP contribution in [0.1, 0.15) is 29.7 Å². The molecule has 2 atom stereocenters. The number of benzene rings is 1. The van der Waals surface area contributed by atoms with Crippen LogP contribution >= 0.6 is 11.6 Å². The summed E-state index contributed by atoms with van der Waals surface area (Å²) in [5, 5.41) is 4.53. The van der Waals surface area contributed by atoms with E-state index in [2.05, 4.69) is 41.5 Å². The second-order valence-corrected chi connectivity index (χ2v) is 5.62. The Morgan fingerprint density at radius 1 is 1.16 bits per heavy atom. The Morgan fingerprint density at radius 3 is 2.68 bits per heavy atom. The van der Waals surface area contributed by atoms with Gasteiger partial charge in [-0.3, -0.25) is 4.98 Å². The zero-order valence-electron chi connectivity index (χ0n) is 10.9. The first kappa shape index (κ1) is 12.6.